The van der Waals surface area contributed by atoms with E-state index in [0.29, 0.717) is 65.7 Å². The Labute approximate surface area is 217 Å². The van der Waals surface area contributed by atoms with E-state index in [-0.39, 0.29) is 5.97 Å². The second-order valence-corrected chi connectivity index (χ2v) is 9.37. The summed E-state index contributed by atoms with van der Waals surface area (Å²) in [7, 11) is 0. The average Bonchev–Trinajstić information content (AvgIpc) is 2.86. The fourth-order valence-corrected chi connectivity index (χ4v) is 3.74. The Morgan fingerprint density at radius 1 is 0.400 bits per heavy atom. The molecular weight excluding hydrogens is 444 g/mol. The second-order valence-electron chi connectivity index (χ2n) is 9.37. The summed E-state index contributed by atoms with van der Waals surface area (Å²) in [5.74, 6) is -0.112. The highest BCUT2D eigenvalue weighted by atomic mass is 16.6. The molecule has 0 spiro atoms. The van der Waals surface area contributed by atoms with Crippen molar-refractivity contribution < 1.29 is 28.5 Å². The third kappa shape index (κ3) is 31.3. The van der Waals surface area contributed by atoms with Gasteiger partial charge in [0.1, 0.15) is 0 Å². The third-order valence-corrected chi connectivity index (χ3v) is 5.94. The highest BCUT2D eigenvalue weighted by Crippen LogP contribution is 2.12. The Bertz CT molecular complexity index is 405. The van der Waals surface area contributed by atoms with Crippen LogP contribution in [0.5, 0.6) is 0 Å². The van der Waals surface area contributed by atoms with E-state index in [4.69, 9.17) is 23.7 Å². The van der Waals surface area contributed by atoms with Crippen molar-refractivity contribution in [3.05, 3.63) is 0 Å². The van der Waals surface area contributed by atoms with Gasteiger partial charge in [0.25, 0.3) is 0 Å². The van der Waals surface area contributed by atoms with Crippen LogP contribution < -0.4 is 0 Å². The number of esters is 1. The molecule has 0 aromatic carbocycles. The quantitative estimate of drug-likeness (QED) is 0.0760. The van der Waals surface area contributed by atoms with Crippen LogP contribution in [0.3, 0.4) is 0 Å². The number of hydrogen-bond acceptors (Lipinski definition) is 6. The van der Waals surface area contributed by atoms with Crippen molar-refractivity contribution in [2.45, 2.75) is 123 Å². The number of carbonyl (C=O) groups excluding carboxylic acids is 1. The van der Waals surface area contributed by atoms with Gasteiger partial charge in [-0.2, -0.15) is 0 Å². The lowest BCUT2D eigenvalue weighted by atomic mass is 10.1. The highest BCUT2D eigenvalue weighted by molar-refractivity contribution is 5.69. The maximum absolute atomic E-state index is 11.8. The van der Waals surface area contributed by atoms with E-state index in [0.717, 1.165) is 25.9 Å². The summed E-state index contributed by atoms with van der Waals surface area (Å²) in [5, 5.41) is 0. The number of unbranched alkanes of at least 4 members (excludes halogenated alkanes) is 13. The molecule has 0 atom stereocenters. The molecule has 0 bridgehead atoms. The van der Waals surface area contributed by atoms with E-state index in [9.17, 15) is 4.79 Å². The van der Waals surface area contributed by atoms with Crippen molar-refractivity contribution in [2.75, 3.05) is 59.5 Å². The van der Waals surface area contributed by atoms with Crippen LogP contribution >= 0.6 is 0 Å². The summed E-state index contributed by atoms with van der Waals surface area (Å²) in [6, 6.07) is 0. The maximum Gasteiger partial charge on any atom is 0.305 e. The minimum Gasteiger partial charge on any atom is -0.466 e. The topological polar surface area (TPSA) is 63.2 Å². The molecular formula is C29H58O6. The van der Waals surface area contributed by atoms with Gasteiger partial charge in [-0.15, -0.1) is 0 Å². The van der Waals surface area contributed by atoms with Gasteiger partial charge >= 0.3 is 5.97 Å². The van der Waals surface area contributed by atoms with Crippen molar-refractivity contribution in [2.24, 2.45) is 0 Å². The minimum atomic E-state index is -0.112. The average molecular weight is 503 g/mol. The first-order chi connectivity index (χ1) is 17.3. The Morgan fingerprint density at radius 2 is 0.743 bits per heavy atom. The summed E-state index contributed by atoms with van der Waals surface area (Å²) in [6.07, 6.45) is 20.4. The molecule has 6 nitrogen and oxygen atoms in total. The van der Waals surface area contributed by atoms with Gasteiger partial charge in [0.05, 0.1) is 46.2 Å². The zero-order valence-corrected chi connectivity index (χ0v) is 23.3. The number of carbonyl (C=O) groups is 1. The molecule has 0 rings (SSSR count). The molecule has 0 N–H and O–H groups in total. The number of hydrogen-bond donors (Lipinski definition) is 0. The van der Waals surface area contributed by atoms with E-state index in [1.54, 1.807) is 0 Å². The third-order valence-electron chi connectivity index (χ3n) is 5.94. The second kappa shape index (κ2) is 31.3. The van der Waals surface area contributed by atoms with Crippen LogP contribution in [-0.2, 0) is 28.5 Å². The SMILES string of the molecule is CCCCCCCCCCCCCCOC(=O)CCCOCCOCCOCCOCCCCC. The molecule has 0 unspecified atom stereocenters. The van der Waals surface area contributed by atoms with Crippen molar-refractivity contribution >= 4 is 5.97 Å². The Morgan fingerprint density at radius 3 is 1.23 bits per heavy atom. The molecule has 0 aliphatic heterocycles. The summed E-state index contributed by atoms with van der Waals surface area (Å²) in [6.45, 7) is 9.86. The summed E-state index contributed by atoms with van der Waals surface area (Å²) >= 11 is 0. The van der Waals surface area contributed by atoms with E-state index < -0.39 is 0 Å². The smallest absolute Gasteiger partial charge is 0.305 e. The van der Waals surface area contributed by atoms with Gasteiger partial charge in [-0.25, -0.2) is 0 Å². The summed E-state index contributed by atoms with van der Waals surface area (Å²) in [5.41, 5.74) is 0. The molecule has 0 aromatic heterocycles. The first-order valence-electron chi connectivity index (χ1n) is 14.8. The molecule has 0 aromatic rings. The highest BCUT2D eigenvalue weighted by Gasteiger charge is 2.03. The van der Waals surface area contributed by atoms with E-state index in [1.807, 2.05) is 0 Å². The Kier molecular flexibility index (Phi) is 30.7. The minimum absolute atomic E-state index is 0.112. The van der Waals surface area contributed by atoms with Crippen LogP contribution in [-0.4, -0.2) is 65.4 Å². The lowest BCUT2D eigenvalue weighted by Crippen LogP contribution is -2.12. The first kappa shape index (κ1) is 34.3. The van der Waals surface area contributed by atoms with Gasteiger partial charge in [-0.1, -0.05) is 97.3 Å². The normalized spacial score (nSPS) is 11.3. The zero-order valence-electron chi connectivity index (χ0n) is 23.3. The van der Waals surface area contributed by atoms with Crippen molar-refractivity contribution in [1.82, 2.24) is 0 Å². The van der Waals surface area contributed by atoms with Gasteiger partial charge in [-0.05, 0) is 19.3 Å². The molecule has 0 heterocycles. The molecule has 210 valence electrons. The number of rotatable bonds is 30. The van der Waals surface area contributed by atoms with Crippen molar-refractivity contribution in [3.8, 4) is 0 Å². The molecule has 0 radical (unpaired) electrons. The molecule has 6 heteroatoms. The van der Waals surface area contributed by atoms with Gasteiger partial charge in [-0.3, -0.25) is 4.79 Å². The Hall–Kier alpha value is -0.690. The maximum atomic E-state index is 11.8. The van der Waals surface area contributed by atoms with Crippen LogP contribution in [0, 0.1) is 0 Å². The molecule has 35 heavy (non-hydrogen) atoms. The first-order valence-corrected chi connectivity index (χ1v) is 14.8. The van der Waals surface area contributed by atoms with Crippen LogP contribution in [0.1, 0.15) is 123 Å². The van der Waals surface area contributed by atoms with Crippen molar-refractivity contribution in [1.29, 1.82) is 0 Å². The molecule has 0 amide bonds. The largest absolute Gasteiger partial charge is 0.466 e. The lowest BCUT2D eigenvalue weighted by molar-refractivity contribution is -0.144. The van der Waals surface area contributed by atoms with Crippen LogP contribution in [0.15, 0.2) is 0 Å². The molecule has 0 aliphatic carbocycles. The van der Waals surface area contributed by atoms with Crippen molar-refractivity contribution in [3.63, 3.8) is 0 Å². The van der Waals surface area contributed by atoms with E-state index >= 15 is 0 Å². The zero-order chi connectivity index (χ0) is 25.5. The Balaban J connectivity index is 3.14. The molecule has 0 fully saturated rings. The summed E-state index contributed by atoms with van der Waals surface area (Å²) in [4.78, 5) is 11.8. The monoisotopic (exact) mass is 502 g/mol. The molecule has 0 saturated carbocycles. The van der Waals surface area contributed by atoms with E-state index in [2.05, 4.69) is 13.8 Å². The standard InChI is InChI=1S/C29H58O6/c1-3-5-7-8-9-10-11-12-13-14-15-17-22-35-29(30)19-18-21-32-24-26-34-28-27-33-25-23-31-20-16-6-4-2/h3-28H2,1-2H3. The molecule has 0 aliphatic rings. The van der Waals surface area contributed by atoms with Gasteiger partial charge < -0.3 is 23.7 Å². The van der Waals surface area contributed by atoms with Gasteiger partial charge in [0, 0.05) is 19.6 Å². The number of ether oxygens (including phenoxy) is 5. The molecule has 0 saturated heterocycles. The lowest BCUT2D eigenvalue weighted by Gasteiger charge is -2.08. The van der Waals surface area contributed by atoms with Gasteiger partial charge in [0.2, 0.25) is 0 Å². The van der Waals surface area contributed by atoms with Crippen LogP contribution in [0.25, 0.3) is 0 Å². The fourth-order valence-electron chi connectivity index (χ4n) is 3.74. The van der Waals surface area contributed by atoms with E-state index in [1.165, 1.54) is 77.0 Å². The van der Waals surface area contributed by atoms with Gasteiger partial charge in [0.15, 0.2) is 0 Å². The predicted octanol–water partition coefficient (Wildman–Crippen LogP) is 7.27. The predicted molar refractivity (Wildman–Crippen MR) is 144 cm³/mol. The van der Waals surface area contributed by atoms with Crippen LogP contribution in [0.4, 0.5) is 0 Å². The fraction of sp³-hybridized carbons (Fsp3) is 0.966. The van der Waals surface area contributed by atoms with Crippen LogP contribution in [0.2, 0.25) is 0 Å². The summed E-state index contributed by atoms with van der Waals surface area (Å²) < 4.78 is 27.2.